The number of carbonyl (C=O) groups excluding carboxylic acids is 1. The van der Waals surface area contributed by atoms with Gasteiger partial charge in [-0.25, -0.2) is 8.42 Å². The highest BCUT2D eigenvalue weighted by atomic mass is 32.2. The van der Waals surface area contributed by atoms with Crippen molar-refractivity contribution in [1.82, 2.24) is 9.21 Å². The van der Waals surface area contributed by atoms with Crippen molar-refractivity contribution in [3.05, 3.63) is 54.0 Å². The van der Waals surface area contributed by atoms with Crippen molar-refractivity contribution >= 4 is 15.9 Å². The fraction of sp³-hybridized carbons (Fsp3) is 0.450. The van der Waals surface area contributed by atoms with Crippen LogP contribution in [0, 0.1) is 5.92 Å². The number of halogens is 6. The monoisotopic (exact) mass is 498 g/mol. The fourth-order valence-corrected chi connectivity index (χ4v) is 5.37. The minimum absolute atomic E-state index is 0.126. The summed E-state index contributed by atoms with van der Waals surface area (Å²) in [4.78, 5) is 12.5. The summed E-state index contributed by atoms with van der Waals surface area (Å²) in [6.45, 7) is -2.52. The fourth-order valence-electron chi connectivity index (χ4n) is 3.68. The second kappa shape index (κ2) is 9.37. The molecule has 2 aromatic rings. The van der Waals surface area contributed by atoms with E-state index in [9.17, 15) is 39.6 Å². The molecule has 1 aliphatic heterocycles. The number of hydrogen-bond donors (Lipinski definition) is 0. The number of alkyl halides is 6. The van der Waals surface area contributed by atoms with Gasteiger partial charge in [0.2, 0.25) is 15.9 Å². The molecule has 182 valence electrons. The molecule has 0 atom stereocenters. The lowest BCUT2D eigenvalue weighted by atomic mass is 9.96. The molecule has 0 aliphatic carbocycles. The smallest absolute Gasteiger partial charge is 0.417 e. The molecule has 1 aromatic heterocycles. The van der Waals surface area contributed by atoms with E-state index in [-0.39, 0.29) is 31.7 Å². The number of sulfonamides is 1. The van der Waals surface area contributed by atoms with E-state index in [1.807, 2.05) is 0 Å². The van der Waals surface area contributed by atoms with Gasteiger partial charge in [-0.05, 0) is 37.1 Å². The first kappa shape index (κ1) is 25.1. The van der Waals surface area contributed by atoms with E-state index in [1.165, 1.54) is 24.5 Å². The Labute approximate surface area is 185 Å². The van der Waals surface area contributed by atoms with Crippen LogP contribution in [0.5, 0.6) is 0 Å². The number of piperidine rings is 1. The molecular weight excluding hydrogens is 478 g/mol. The largest absolute Gasteiger partial charge is 0.467 e. The maximum atomic E-state index is 13.3. The SMILES string of the molecule is O=C(C1CCN(S(=O)(=O)c2ccccc2C(F)(F)F)CC1)N(Cc1ccco1)CC(F)(F)F. The molecule has 0 bridgehead atoms. The quantitative estimate of drug-likeness (QED) is 0.558. The van der Waals surface area contributed by atoms with Crippen LogP contribution in [-0.4, -0.2) is 49.3 Å². The lowest BCUT2D eigenvalue weighted by Crippen LogP contribution is -2.46. The van der Waals surface area contributed by atoms with Crippen LogP contribution in [0.1, 0.15) is 24.2 Å². The first-order valence-electron chi connectivity index (χ1n) is 9.83. The highest BCUT2D eigenvalue weighted by Gasteiger charge is 2.41. The zero-order chi connectivity index (χ0) is 24.4. The van der Waals surface area contributed by atoms with Crippen LogP contribution in [0.3, 0.4) is 0 Å². The Kier molecular flexibility index (Phi) is 7.13. The maximum absolute atomic E-state index is 13.3. The van der Waals surface area contributed by atoms with Crippen LogP contribution in [0.2, 0.25) is 0 Å². The predicted molar refractivity (Wildman–Crippen MR) is 103 cm³/mol. The Morgan fingerprint density at radius 3 is 2.21 bits per heavy atom. The Morgan fingerprint density at radius 2 is 1.67 bits per heavy atom. The summed E-state index contributed by atoms with van der Waals surface area (Å²) in [5, 5.41) is 0. The van der Waals surface area contributed by atoms with Gasteiger partial charge >= 0.3 is 12.4 Å². The summed E-state index contributed by atoms with van der Waals surface area (Å²) in [6.07, 6.45) is -8.54. The van der Waals surface area contributed by atoms with E-state index in [4.69, 9.17) is 4.42 Å². The van der Waals surface area contributed by atoms with E-state index in [2.05, 4.69) is 0 Å². The summed E-state index contributed by atoms with van der Waals surface area (Å²) < 4.78 is 110. The predicted octanol–water partition coefficient (Wildman–Crippen LogP) is 4.29. The van der Waals surface area contributed by atoms with Crippen LogP contribution in [0.15, 0.2) is 52.0 Å². The Hall–Kier alpha value is -2.54. The molecule has 2 heterocycles. The molecule has 6 nitrogen and oxygen atoms in total. The molecule has 1 fully saturated rings. The molecule has 0 unspecified atom stereocenters. The van der Waals surface area contributed by atoms with E-state index < -0.39 is 57.7 Å². The van der Waals surface area contributed by atoms with E-state index in [0.29, 0.717) is 11.0 Å². The van der Waals surface area contributed by atoms with Gasteiger partial charge in [0, 0.05) is 19.0 Å². The standard InChI is InChI=1S/C20H20F6N2O4S/c21-19(22,23)13-27(12-15-4-3-11-32-15)18(29)14-7-9-28(10-8-14)33(30,31)17-6-2-1-5-16(17)20(24,25)26/h1-6,11,14H,7-10,12-13H2. The van der Waals surface area contributed by atoms with Crippen LogP contribution >= 0.6 is 0 Å². The second-order valence-corrected chi connectivity index (χ2v) is 9.47. The molecule has 1 aliphatic rings. The molecule has 33 heavy (non-hydrogen) atoms. The molecule has 1 amide bonds. The average molecular weight is 498 g/mol. The highest BCUT2D eigenvalue weighted by Crippen LogP contribution is 2.36. The number of nitrogens with zero attached hydrogens (tertiary/aromatic N) is 2. The zero-order valence-electron chi connectivity index (χ0n) is 17.1. The van der Waals surface area contributed by atoms with Gasteiger partial charge in [0.05, 0.1) is 23.3 Å². The highest BCUT2D eigenvalue weighted by molar-refractivity contribution is 7.89. The van der Waals surface area contributed by atoms with Gasteiger partial charge in [-0.2, -0.15) is 30.6 Å². The molecule has 1 aromatic carbocycles. The summed E-state index contributed by atoms with van der Waals surface area (Å²) >= 11 is 0. The van der Waals surface area contributed by atoms with Gasteiger partial charge in [-0.1, -0.05) is 12.1 Å². The molecule has 0 spiro atoms. The number of rotatable bonds is 6. The minimum Gasteiger partial charge on any atom is -0.467 e. The van der Waals surface area contributed by atoms with Crippen LogP contribution in [-0.2, 0) is 27.5 Å². The van der Waals surface area contributed by atoms with Gasteiger partial charge in [0.25, 0.3) is 0 Å². The summed E-state index contributed by atoms with van der Waals surface area (Å²) in [5.74, 6) is -1.58. The molecule has 0 N–H and O–H groups in total. The van der Waals surface area contributed by atoms with Crippen molar-refractivity contribution < 1.29 is 44.0 Å². The van der Waals surface area contributed by atoms with Gasteiger partial charge in [-0.3, -0.25) is 4.79 Å². The third kappa shape index (κ3) is 6.08. The van der Waals surface area contributed by atoms with Gasteiger partial charge in [0.1, 0.15) is 12.3 Å². The van der Waals surface area contributed by atoms with E-state index >= 15 is 0 Å². The third-order valence-corrected chi connectivity index (χ3v) is 7.18. The number of hydrogen-bond acceptors (Lipinski definition) is 4. The number of carbonyl (C=O) groups is 1. The molecule has 0 radical (unpaired) electrons. The minimum atomic E-state index is -4.89. The molecule has 1 saturated heterocycles. The third-order valence-electron chi connectivity index (χ3n) is 5.22. The van der Waals surface area contributed by atoms with Crippen molar-refractivity contribution in [3.63, 3.8) is 0 Å². The second-order valence-electron chi connectivity index (χ2n) is 7.56. The molecule has 13 heteroatoms. The summed E-state index contributed by atoms with van der Waals surface area (Å²) in [7, 11) is -4.52. The van der Waals surface area contributed by atoms with Gasteiger partial charge < -0.3 is 9.32 Å². The molecule has 3 rings (SSSR count). The zero-order valence-corrected chi connectivity index (χ0v) is 17.9. The number of amides is 1. The van der Waals surface area contributed by atoms with Crippen molar-refractivity contribution in [3.8, 4) is 0 Å². The van der Waals surface area contributed by atoms with Crippen molar-refractivity contribution in [2.24, 2.45) is 5.92 Å². The summed E-state index contributed by atoms with van der Waals surface area (Å²) in [6, 6.07) is 6.64. The Morgan fingerprint density at radius 1 is 1.03 bits per heavy atom. The topological polar surface area (TPSA) is 70.8 Å². The Balaban J connectivity index is 1.73. The first-order valence-corrected chi connectivity index (χ1v) is 11.3. The molecule has 0 saturated carbocycles. The first-order chi connectivity index (χ1) is 15.3. The maximum Gasteiger partial charge on any atom is 0.417 e. The summed E-state index contributed by atoms with van der Waals surface area (Å²) in [5.41, 5.74) is -1.31. The van der Waals surface area contributed by atoms with Crippen LogP contribution in [0.25, 0.3) is 0 Å². The van der Waals surface area contributed by atoms with Gasteiger partial charge in [-0.15, -0.1) is 0 Å². The van der Waals surface area contributed by atoms with Gasteiger partial charge in [0.15, 0.2) is 0 Å². The lowest BCUT2D eigenvalue weighted by Gasteiger charge is -2.34. The number of furan rings is 1. The average Bonchev–Trinajstić information content (AvgIpc) is 3.24. The lowest BCUT2D eigenvalue weighted by molar-refractivity contribution is -0.166. The van der Waals surface area contributed by atoms with Crippen molar-refractivity contribution in [2.45, 2.75) is 36.6 Å². The van der Waals surface area contributed by atoms with E-state index in [1.54, 1.807) is 0 Å². The van der Waals surface area contributed by atoms with Crippen LogP contribution < -0.4 is 0 Å². The molecular formula is C20H20F6N2O4S. The number of benzene rings is 1. The van der Waals surface area contributed by atoms with E-state index in [0.717, 1.165) is 16.4 Å². The van der Waals surface area contributed by atoms with Crippen LogP contribution in [0.4, 0.5) is 26.3 Å². The van der Waals surface area contributed by atoms with Crippen molar-refractivity contribution in [2.75, 3.05) is 19.6 Å². The van der Waals surface area contributed by atoms with Crippen molar-refractivity contribution in [1.29, 1.82) is 0 Å². The Bertz CT molecular complexity index is 1060. The normalized spacial score (nSPS) is 16.7.